The van der Waals surface area contributed by atoms with Gasteiger partial charge in [-0.05, 0) is 50.5 Å². The molecule has 2 amide bonds. The van der Waals surface area contributed by atoms with Crippen LogP contribution in [-0.4, -0.2) is 28.5 Å². The van der Waals surface area contributed by atoms with E-state index in [2.05, 4.69) is 10.3 Å². The minimum atomic E-state index is -4.51. The summed E-state index contributed by atoms with van der Waals surface area (Å²) >= 11 is 0. The number of likely N-dealkylation sites (tertiary alicyclic amines) is 1. The van der Waals surface area contributed by atoms with Crippen LogP contribution in [0, 0.1) is 6.92 Å². The number of hydrogen-bond acceptors (Lipinski definition) is 2. The molecule has 1 aromatic carbocycles. The Kier molecular flexibility index (Phi) is 5.39. The van der Waals surface area contributed by atoms with E-state index in [4.69, 9.17) is 0 Å². The number of rotatable bonds is 2. The molecule has 2 atom stereocenters. The van der Waals surface area contributed by atoms with Gasteiger partial charge in [0.2, 0.25) is 0 Å². The number of nitrogens with zero attached hydrogens (tertiary/aromatic N) is 2. The number of piperidine rings is 1. The number of nitrogens with one attached hydrogen (secondary N) is 1. The van der Waals surface area contributed by atoms with E-state index < -0.39 is 17.8 Å². The summed E-state index contributed by atoms with van der Waals surface area (Å²) in [5.41, 5.74) is 1.09. The van der Waals surface area contributed by atoms with E-state index in [0.717, 1.165) is 30.2 Å². The lowest BCUT2D eigenvalue weighted by Crippen LogP contribution is -2.46. The van der Waals surface area contributed by atoms with Crippen LogP contribution in [0.25, 0.3) is 0 Å². The van der Waals surface area contributed by atoms with E-state index in [1.807, 2.05) is 26.0 Å². The van der Waals surface area contributed by atoms with Gasteiger partial charge in [-0.15, -0.1) is 0 Å². The number of amides is 2. The highest BCUT2D eigenvalue weighted by atomic mass is 19.4. The fraction of sp³-hybridized carbons (Fsp3) is 0.400. The van der Waals surface area contributed by atoms with Gasteiger partial charge < -0.3 is 10.2 Å². The Balaban J connectivity index is 1.70. The van der Waals surface area contributed by atoms with Crippen LogP contribution in [0.15, 0.2) is 42.6 Å². The minimum Gasteiger partial charge on any atom is -0.322 e. The van der Waals surface area contributed by atoms with Gasteiger partial charge in [0.15, 0.2) is 0 Å². The molecule has 0 bridgehead atoms. The molecule has 1 aliphatic heterocycles. The monoisotopic (exact) mass is 377 g/mol. The molecule has 1 N–H and O–H groups in total. The SMILES string of the molecule is Cc1cccnc1C1CCN(C(=O)Nc2ccccc2C(F)(F)F)C(C)C1. The van der Waals surface area contributed by atoms with Crippen molar-refractivity contribution in [1.29, 1.82) is 0 Å². The van der Waals surface area contributed by atoms with E-state index in [-0.39, 0.29) is 17.6 Å². The topological polar surface area (TPSA) is 45.2 Å². The first-order valence-electron chi connectivity index (χ1n) is 8.92. The molecule has 144 valence electrons. The van der Waals surface area contributed by atoms with Crippen LogP contribution in [0.2, 0.25) is 0 Å². The Bertz CT molecular complexity index is 822. The molecule has 27 heavy (non-hydrogen) atoms. The Morgan fingerprint density at radius 2 is 1.96 bits per heavy atom. The van der Waals surface area contributed by atoms with Crippen molar-refractivity contribution in [3.63, 3.8) is 0 Å². The van der Waals surface area contributed by atoms with Gasteiger partial charge in [0.1, 0.15) is 0 Å². The summed E-state index contributed by atoms with van der Waals surface area (Å²) in [7, 11) is 0. The number of halogens is 3. The molecule has 2 heterocycles. The van der Waals surface area contributed by atoms with E-state index >= 15 is 0 Å². The average molecular weight is 377 g/mol. The fourth-order valence-electron chi connectivity index (χ4n) is 3.67. The Hall–Kier alpha value is -2.57. The van der Waals surface area contributed by atoms with E-state index in [1.165, 1.54) is 18.2 Å². The zero-order chi connectivity index (χ0) is 19.6. The maximum Gasteiger partial charge on any atom is 0.418 e. The molecule has 2 unspecified atom stereocenters. The van der Waals surface area contributed by atoms with Gasteiger partial charge in [-0.3, -0.25) is 4.98 Å². The van der Waals surface area contributed by atoms with Gasteiger partial charge in [-0.25, -0.2) is 4.79 Å². The van der Waals surface area contributed by atoms with Gasteiger partial charge in [0, 0.05) is 30.4 Å². The molecule has 0 saturated carbocycles. The lowest BCUT2D eigenvalue weighted by molar-refractivity contribution is -0.136. The van der Waals surface area contributed by atoms with Crippen molar-refractivity contribution in [2.45, 2.75) is 44.8 Å². The number of alkyl halides is 3. The van der Waals surface area contributed by atoms with Gasteiger partial charge in [0.05, 0.1) is 11.3 Å². The number of pyridine rings is 1. The van der Waals surface area contributed by atoms with Crippen LogP contribution >= 0.6 is 0 Å². The molecular formula is C20H22F3N3O. The normalized spacial score (nSPS) is 20.4. The number of aryl methyl sites for hydroxylation is 1. The summed E-state index contributed by atoms with van der Waals surface area (Å²) in [6.07, 6.45) is -1.29. The fourth-order valence-corrected chi connectivity index (χ4v) is 3.67. The first-order valence-corrected chi connectivity index (χ1v) is 8.92. The molecule has 2 aromatic rings. The molecule has 1 saturated heterocycles. The largest absolute Gasteiger partial charge is 0.418 e. The number of hydrogen-bond donors (Lipinski definition) is 1. The Morgan fingerprint density at radius 1 is 1.22 bits per heavy atom. The molecule has 1 aliphatic rings. The molecule has 1 aromatic heterocycles. The highest BCUT2D eigenvalue weighted by Crippen LogP contribution is 2.36. The molecule has 0 spiro atoms. The van der Waals surface area contributed by atoms with E-state index in [1.54, 1.807) is 11.1 Å². The van der Waals surface area contributed by atoms with Crippen molar-refractivity contribution in [1.82, 2.24) is 9.88 Å². The summed E-state index contributed by atoms with van der Waals surface area (Å²) in [5.74, 6) is 0.243. The summed E-state index contributed by atoms with van der Waals surface area (Å²) in [4.78, 5) is 18.7. The average Bonchev–Trinajstić information content (AvgIpc) is 2.61. The predicted molar refractivity (Wildman–Crippen MR) is 97.6 cm³/mol. The number of carbonyl (C=O) groups excluding carboxylic acids is 1. The number of para-hydroxylation sites is 1. The van der Waals surface area contributed by atoms with Crippen molar-refractivity contribution in [3.8, 4) is 0 Å². The lowest BCUT2D eigenvalue weighted by Gasteiger charge is -2.38. The van der Waals surface area contributed by atoms with Gasteiger partial charge in [0.25, 0.3) is 0 Å². The molecule has 7 heteroatoms. The van der Waals surface area contributed by atoms with Gasteiger partial charge in [-0.1, -0.05) is 18.2 Å². The third kappa shape index (κ3) is 4.23. The Labute approximate surface area is 156 Å². The third-order valence-electron chi connectivity index (χ3n) is 5.05. The zero-order valence-electron chi connectivity index (χ0n) is 15.3. The van der Waals surface area contributed by atoms with Crippen LogP contribution in [0.1, 0.15) is 42.5 Å². The summed E-state index contributed by atoms with van der Waals surface area (Å²) in [6.45, 7) is 4.40. The number of benzene rings is 1. The summed E-state index contributed by atoms with van der Waals surface area (Å²) in [5, 5.41) is 2.43. The highest BCUT2D eigenvalue weighted by molar-refractivity contribution is 5.90. The second-order valence-electron chi connectivity index (χ2n) is 6.94. The van der Waals surface area contributed by atoms with Crippen LogP contribution in [-0.2, 0) is 6.18 Å². The van der Waals surface area contributed by atoms with Crippen LogP contribution < -0.4 is 5.32 Å². The quantitative estimate of drug-likeness (QED) is 0.781. The molecule has 4 nitrogen and oxygen atoms in total. The lowest BCUT2D eigenvalue weighted by atomic mass is 9.87. The maximum absolute atomic E-state index is 13.1. The molecule has 0 radical (unpaired) electrons. The zero-order valence-corrected chi connectivity index (χ0v) is 15.3. The van der Waals surface area contributed by atoms with Crippen molar-refractivity contribution in [2.75, 3.05) is 11.9 Å². The molecular weight excluding hydrogens is 355 g/mol. The number of urea groups is 1. The van der Waals surface area contributed by atoms with E-state index in [0.29, 0.717) is 6.54 Å². The Morgan fingerprint density at radius 3 is 2.63 bits per heavy atom. The molecule has 0 aliphatic carbocycles. The molecule has 1 fully saturated rings. The number of anilines is 1. The summed E-state index contributed by atoms with van der Waals surface area (Å²) < 4.78 is 39.4. The maximum atomic E-state index is 13.1. The number of aromatic nitrogens is 1. The van der Waals surface area contributed by atoms with Gasteiger partial charge >= 0.3 is 12.2 Å². The van der Waals surface area contributed by atoms with Crippen molar-refractivity contribution >= 4 is 11.7 Å². The van der Waals surface area contributed by atoms with Crippen molar-refractivity contribution < 1.29 is 18.0 Å². The van der Waals surface area contributed by atoms with Gasteiger partial charge in [-0.2, -0.15) is 13.2 Å². The second kappa shape index (κ2) is 7.58. The van der Waals surface area contributed by atoms with Crippen LogP contribution in [0.4, 0.5) is 23.7 Å². The first-order chi connectivity index (χ1) is 12.8. The van der Waals surface area contributed by atoms with Crippen LogP contribution in [0.5, 0.6) is 0 Å². The second-order valence-corrected chi connectivity index (χ2v) is 6.94. The van der Waals surface area contributed by atoms with Crippen LogP contribution in [0.3, 0.4) is 0 Å². The summed E-state index contributed by atoms with van der Waals surface area (Å²) in [6, 6.07) is 8.33. The minimum absolute atomic E-state index is 0.0943. The highest BCUT2D eigenvalue weighted by Gasteiger charge is 2.35. The van der Waals surface area contributed by atoms with Crippen molar-refractivity contribution in [2.24, 2.45) is 0 Å². The van der Waals surface area contributed by atoms with Crippen molar-refractivity contribution in [3.05, 3.63) is 59.4 Å². The first kappa shape index (κ1) is 19.2. The number of carbonyl (C=O) groups is 1. The smallest absolute Gasteiger partial charge is 0.322 e. The molecule has 3 rings (SSSR count). The standard InChI is InChI=1S/C20H22F3N3O/c1-13-6-5-10-24-18(13)15-9-11-26(14(2)12-15)19(27)25-17-8-4-3-7-16(17)20(21,22)23/h3-8,10,14-15H,9,11-12H2,1-2H3,(H,25,27). The third-order valence-corrected chi connectivity index (χ3v) is 5.05. The van der Waals surface area contributed by atoms with E-state index in [9.17, 15) is 18.0 Å². The predicted octanol–water partition coefficient (Wildman–Crippen LogP) is 5.21.